The molecule has 15 heavy (non-hydrogen) atoms. The first-order chi connectivity index (χ1) is 6.87. The first-order valence-corrected chi connectivity index (χ1v) is 5.82. The Balaban J connectivity index is 2.38. The normalized spacial score (nSPS) is 27.7. The number of piperidine rings is 1. The van der Waals surface area contributed by atoms with Crippen LogP contribution < -0.4 is 5.32 Å². The topological polar surface area (TPSA) is 49.3 Å². The lowest BCUT2D eigenvalue weighted by molar-refractivity contribution is -0.138. The molecule has 1 aliphatic heterocycles. The Morgan fingerprint density at radius 1 is 1.47 bits per heavy atom. The molecule has 3 nitrogen and oxygen atoms in total. The van der Waals surface area contributed by atoms with Gasteiger partial charge in [0.05, 0.1) is 0 Å². The highest BCUT2D eigenvalue weighted by atomic mass is 16.4. The van der Waals surface area contributed by atoms with Crippen LogP contribution in [0.2, 0.25) is 0 Å². The van der Waals surface area contributed by atoms with Crippen molar-refractivity contribution in [3.63, 3.8) is 0 Å². The molecule has 2 N–H and O–H groups in total. The van der Waals surface area contributed by atoms with Crippen LogP contribution in [0.25, 0.3) is 0 Å². The summed E-state index contributed by atoms with van der Waals surface area (Å²) < 4.78 is 0. The highest BCUT2D eigenvalue weighted by Gasteiger charge is 2.26. The molecule has 0 aromatic rings. The van der Waals surface area contributed by atoms with E-state index >= 15 is 0 Å². The summed E-state index contributed by atoms with van der Waals surface area (Å²) in [6.07, 6.45) is 3.49. The second kappa shape index (κ2) is 4.97. The van der Waals surface area contributed by atoms with Crippen molar-refractivity contribution in [3.05, 3.63) is 0 Å². The van der Waals surface area contributed by atoms with Crippen LogP contribution in [0.3, 0.4) is 0 Å². The van der Waals surface area contributed by atoms with Gasteiger partial charge in [0, 0.05) is 12.5 Å². The molecule has 1 fully saturated rings. The summed E-state index contributed by atoms with van der Waals surface area (Å²) in [6.45, 7) is 7.67. The van der Waals surface area contributed by atoms with Crippen LogP contribution in [0.5, 0.6) is 0 Å². The molecule has 0 aliphatic carbocycles. The van der Waals surface area contributed by atoms with E-state index in [0.29, 0.717) is 23.8 Å². The van der Waals surface area contributed by atoms with Crippen molar-refractivity contribution in [2.24, 2.45) is 11.3 Å². The Bertz CT molecular complexity index is 220. The summed E-state index contributed by atoms with van der Waals surface area (Å²) in [7, 11) is 0. The summed E-state index contributed by atoms with van der Waals surface area (Å²) in [5, 5.41) is 12.3. The van der Waals surface area contributed by atoms with Crippen LogP contribution in [0, 0.1) is 11.3 Å². The van der Waals surface area contributed by atoms with Gasteiger partial charge >= 0.3 is 5.97 Å². The molecule has 0 saturated carbocycles. The zero-order valence-electron chi connectivity index (χ0n) is 10.0. The van der Waals surface area contributed by atoms with E-state index in [1.165, 1.54) is 0 Å². The van der Waals surface area contributed by atoms with E-state index < -0.39 is 5.97 Å². The predicted octanol–water partition coefficient (Wildman–Crippen LogP) is 2.27. The minimum atomic E-state index is -0.656. The molecular weight excluding hydrogens is 190 g/mol. The molecule has 1 saturated heterocycles. The third-order valence-corrected chi connectivity index (χ3v) is 2.93. The summed E-state index contributed by atoms with van der Waals surface area (Å²) in [6, 6.07) is 0.503. The number of carboxylic acids is 1. The summed E-state index contributed by atoms with van der Waals surface area (Å²) in [5.74, 6) is -0.285. The highest BCUT2D eigenvalue weighted by Crippen LogP contribution is 2.28. The minimum Gasteiger partial charge on any atom is -0.481 e. The fraction of sp³-hybridized carbons (Fsp3) is 0.917. The van der Waals surface area contributed by atoms with Crippen LogP contribution in [0.1, 0.15) is 46.5 Å². The SMILES string of the molecule is CC(C)(C)CC1CC(CC(=O)O)CCN1. The first-order valence-electron chi connectivity index (χ1n) is 5.82. The van der Waals surface area contributed by atoms with Crippen molar-refractivity contribution < 1.29 is 9.90 Å². The van der Waals surface area contributed by atoms with Crippen molar-refractivity contribution >= 4 is 5.97 Å². The average Bonchev–Trinajstić information content (AvgIpc) is 1.99. The van der Waals surface area contributed by atoms with Crippen LogP contribution in [0.15, 0.2) is 0 Å². The molecule has 1 rings (SSSR count). The van der Waals surface area contributed by atoms with Crippen molar-refractivity contribution in [1.29, 1.82) is 0 Å². The van der Waals surface area contributed by atoms with Gasteiger partial charge in [0.25, 0.3) is 0 Å². The zero-order chi connectivity index (χ0) is 11.5. The molecule has 1 aliphatic rings. The molecule has 0 aromatic carbocycles. The first kappa shape index (κ1) is 12.5. The molecule has 2 unspecified atom stereocenters. The lowest BCUT2D eigenvalue weighted by atomic mass is 9.81. The summed E-state index contributed by atoms with van der Waals surface area (Å²) in [4.78, 5) is 10.6. The van der Waals surface area contributed by atoms with Crippen molar-refractivity contribution in [2.75, 3.05) is 6.54 Å². The largest absolute Gasteiger partial charge is 0.481 e. The summed E-state index contributed by atoms with van der Waals surface area (Å²) in [5.41, 5.74) is 0.322. The maximum Gasteiger partial charge on any atom is 0.303 e. The standard InChI is InChI=1S/C12H23NO2/c1-12(2,3)8-10-6-9(4-5-13-10)7-11(14)15/h9-10,13H,4-8H2,1-3H3,(H,14,15). The monoisotopic (exact) mass is 213 g/mol. The number of carbonyl (C=O) groups is 1. The van der Waals surface area contributed by atoms with Crippen LogP contribution >= 0.6 is 0 Å². The third kappa shape index (κ3) is 5.17. The van der Waals surface area contributed by atoms with E-state index in [9.17, 15) is 4.79 Å². The molecule has 0 amide bonds. The smallest absolute Gasteiger partial charge is 0.303 e. The van der Waals surface area contributed by atoms with Gasteiger partial charge in [0.1, 0.15) is 0 Å². The third-order valence-electron chi connectivity index (χ3n) is 2.93. The van der Waals surface area contributed by atoms with Gasteiger partial charge in [-0.2, -0.15) is 0 Å². The fourth-order valence-electron chi connectivity index (χ4n) is 2.42. The predicted molar refractivity (Wildman–Crippen MR) is 60.8 cm³/mol. The Hall–Kier alpha value is -0.570. The second-order valence-electron chi connectivity index (χ2n) is 5.90. The number of hydrogen-bond donors (Lipinski definition) is 2. The van der Waals surface area contributed by atoms with Crippen molar-refractivity contribution in [1.82, 2.24) is 5.32 Å². The van der Waals surface area contributed by atoms with Crippen LogP contribution in [-0.2, 0) is 4.79 Å². The van der Waals surface area contributed by atoms with Gasteiger partial charge in [0.15, 0.2) is 0 Å². The van der Waals surface area contributed by atoms with E-state index in [0.717, 1.165) is 25.8 Å². The quantitative estimate of drug-likeness (QED) is 0.756. The van der Waals surface area contributed by atoms with E-state index in [2.05, 4.69) is 26.1 Å². The average molecular weight is 213 g/mol. The van der Waals surface area contributed by atoms with Gasteiger partial charge in [-0.3, -0.25) is 4.79 Å². The Labute approximate surface area is 92.3 Å². The lowest BCUT2D eigenvalue weighted by Crippen LogP contribution is -2.40. The Kier molecular flexibility index (Phi) is 4.14. The summed E-state index contributed by atoms with van der Waals surface area (Å²) >= 11 is 0. The molecule has 3 heteroatoms. The number of rotatable bonds is 3. The van der Waals surface area contributed by atoms with Crippen molar-refractivity contribution in [2.45, 2.75) is 52.5 Å². The highest BCUT2D eigenvalue weighted by molar-refractivity contribution is 5.67. The van der Waals surface area contributed by atoms with Gasteiger partial charge in [-0.1, -0.05) is 20.8 Å². The van der Waals surface area contributed by atoms with Crippen molar-refractivity contribution in [3.8, 4) is 0 Å². The van der Waals surface area contributed by atoms with E-state index in [1.54, 1.807) is 0 Å². The van der Waals surface area contributed by atoms with Crippen LogP contribution in [-0.4, -0.2) is 23.7 Å². The maximum atomic E-state index is 10.6. The maximum absolute atomic E-state index is 10.6. The minimum absolute atomic E-state index is 0.322. The Morgan fingerprint density at radius 3 is 2.67 bits per heavy atom. The van der Waals surface area contributed by atoms with Gasteiger partial charge in [0.2, 0.25) is 0 Å². The van der Waals surface area contributed by atoms with Gasteiger partial charge in [-0.05, 0) is 37.1 Å². The molecule has 0 radical (unpaired) electrons. The van der Waals surface area contributed by atoms with Gasteiger partial charge in [-0.25, -0.2) is 0 Å². The second-order valence-corrected chi connectivity index (χ2v) is 5.90. The molecule has 88 valence electrons. The van der Waals surface area contributed by atoms with Gasteiger partial charge in [-0.15, -0.1) is 0 Å². The molecule has 0 aromatic heterocycles. The molecule has 1 heterocycles. The number of aliphatic carboxylic acids is 1. The molecule has 0 bridgehead atoms. The molecule has 2 atom stereocenters. The van der Waals surface area contributed by atoms with Crippen LogP contribution in [0.4, 0.5) is 0 Å². The Morgan fingerprint density at radius 2 is 2.13 bits per heavy atom. The zero-order valence-corrected chi connectivity index (χ0v) is 10.0. The van der Waals surface area contributed by atoms with E-state index in [-0.39, 0.29) is 0 Å². The van der Waals surface area contributed by atoms with Gasteiger partial charge < -0.3 is 10.4 Å². The molecular formula is C12H23NO2. The number of carboxylic acid groups (broad SMARTS) is 1. The fourth-order valence-corrected chi connectivity index (χ4v) is 2.42. The number of hydrogen-bond acceptors (Lipinski definition) is 2. The number of nitrogens with one attached hydrogen (secondary N) is 1. The van der Waals surface area contributed by atoms with E-state index in [1.807, 2.05) is 0 Å². The lowest BCUT2D eigenvalue weighted by Gasteiger charge is -2.33. The molecule has 0 spiro atoms. The van der Waals surface area contributed by atoms with E-state index in [4.69, 9.17) is 5.11 Å².